The van der Waals surface area contributed by atoms with E-state index in [2.05, 4.69) is 19.9 Å². The lowest BCUT2D eigenvalue weighted by Crippen LogP contribution is -2.05. The number of hydrogen-bond donors (Lipinski definition) is 0. The molecule has 1 rings (SSSR count). The molecule has 0 bridgehead atoms. The SMILES string of the molecule is CCC(=O)CCCCCc1ccc(Cl)c(OCC(C)C)c1. The van der Waals surface area contributed by atoms with E-state index in [1.54, 1.807) is 0 Å². The molecule has 0 aliphatic carbocycles. The fourth-order valence-corrected chi connectivity index (χ4v) is 2.25. The van der Waals surface area contributed by atoms with Crippen LogP contribution in [0, 0.1) is 5.92 Å². The summed E-state index contributed by atoms with van der Waals surface area (Å²) in [5.74, 6) is 1.63. The van der Waals surface area contributed by atoms with Crippen LogP contribution in [0.5, 0.6) is 5.75 Å². The summed E-state index contributed by atoms with van der Waals surface area (Å²) in [6.07, 6.45) is 5.58. The minimum absolute atomic E-state index is 0.367. The van der Waals surface area contributed by atoms with Crippen LogP contribution in [-0.2, 0) is 11.2 Å². The van der Waals surface area contributed by atoms with E-state index >= 15 is 0 Å². The van der Waals surface area contributed by atoms with Crippen molar-refractivity contribution in [1.82, 2.24) is 0 Å². The molecule has 3 heteroatoms. The lowest BCUT2D eigenvalue weighted by molar-refractivity contribution is -0.118. The molecular formula is C18H27ClO2. The van der Waals surface area contributed by atoms with Gasteiger partial charge in [0.2, 0.25) is 0 Å². The van der Waals surface area contributed by atoms with E-state index in [0.29, 0.717) is 29.8 Å². The molecule has 0 saturated carbocycles. The second-order valence-corrected chi connectivity index (χ2v) is 6.33. The fraction of sp³-hybridized carbons (Fsp3) is 0.611. The highest BCUT2D eigenvalue weighted by atomic mass is 35.5. The lowest BCUT2D eigenvalue weighted by Gasteiger charge is -2.11. The zero-order valence-electron chi connectivity index (χ0n) is 13.5. The summed E-state index contributed by atoms with van der Waals surface area (Å²) < 4.78 is 5.74. The number of carbonyl (C=O) groups is 1. The first kappa shape index (κ1) is 18.0. The monoisotopic (exact) mass is 310 g/mol. The molecule has 21 heavy (non-hydrogen) atoms. The van der Waals surface area contributed by atoms with Crippen molar-refractivity contribution in [1.29, 1.82) is 0 Å². The molecule has 0 amide bonds. The van der Waals surface area contributed by atoms with Crippen LogP contribution in [0.3, 0.4) is 0 Å². The van der Waals surface area contributed by atoms with Crippen LogP contribution < -0.4 is 4.74 Å². The molecule has 1 aromatic rings. The maximum absolute atomic E-state index is 11.2. The van der Waals surface area contributed by atoms with Crippen molar-refractivity contribution in [3.05, 3.63) is 28.8 Å². The smallest absolute Gasteiger partial charge is 0.138 e. The van der Waals surface area contributed by atoms with Gasteiger partial charge in [0.05, 0.1) is 11.6 Å². The number of ether oxygens (including phenoxy) is 1. The van der Waals surface area contributed by atoms with Crippen LogP contribution in [0.25, 0.3) is 0 Å². The standard InChI is InChI=1S/C18H27ClO2/c1-4-16(20)9-7-5-6-8-15-10-11-17(19)18(12-15)21-13-14(2)3/h10-12,14H,4-9,13H2,1-3H3. The molecule has 0 spiro atoms. The second-order valence-electron chi connectivity index (χ2n) is 5.92. The molecule has 1 aromatic carbocycles. The average Bonchev–Trinajstić information content (AvgIpc) is 2.46. The summed E-state index contributed by atoms with van der Waals surface area (Å²) in [6.45, 7) is 6.85. The van der Waals surface area contributed by atoms with E-state index in [9.17, 15) is 4.79 Å². The number of ketones is 1. The van der Waals surface area contributed by atoms with Gasteiger partial charge < -0.3 is 4.74 Å². The Morgan fingerprint density at radius 2 is 2.00 bits per heavy atom. The molecule has 0 aromatic heterocycles. The highest BCUT2D eigenvalue weighted by Crippen LogP contribution is 2.26. The van der Waals surface area contributed by atoms with E-state index in [0.717, 1.165) is 37.9 Å². The first-order chi connectivity index (χ1) is 10.0. The Labute approximate surface area is 133 Å². The molecule has 0 aliphatic heterocycles. The topological polar surface area (TPSA) is 26.3 Å². The maximum atomic E-state index is 11.2. The number of benzene rings is 1. The van der Waals surface area contributed by atoms with Gasteiger partial charge in [-0.15, -0.1) is 0 Å². The van der Waals surface area contributed by atoms with Crippen LogP contribution >= 0.6 is 11.6 Å². The maximum Gasteiger partial charge on any atom is 0.138 e. The van der Waals surface area contributed by atoms with Crippen molar-refractivity contribution in [2.24, 2.45) is 5.92 Å². The molecular weight excluding hydrogens is 284 g/mol. The molecule has 0 radical (unpaired) electrons. The van der Waals surface area contributed by atoms with Crippen LogP contribution in [0.1, 0.15) is 58.4 Å². The van der Waals surface area contributed by atoms with Gasteiger partial charge in [-0.3, -0.25) is 4.79 Å². The largest absolute Gasteiger partial charge is 0.492 e. The second kappa shape index (κ2) is 9.83. The quantitative estimate of drug-likeness (QED) is 0.537. The number of unbranched alkanes of at least 4 members (excludes halogenated alkanes) is 2. The van der Waals surface area contributed by atoms with Crippen molar-refractivity contribution in [3.63, 3.8) is 0 Å². The van der Waals surface area contributed by atoms with Crippen molar-refractivity contribution >= 4 is 17.4 Å². The predicted molar refractivity (Wildman–Crippen MR) is 89.3 cm³/mol. The molecule has 0 saturated heterocycles. The van der Waals surface area contributed by atoms with Crippen molar-refractivity contribution in [2.45, 2.75) is 59.3 Å². The number of Topliss-reactive ketones (excluding diaryl/α,β-unsaturated/α-hetero) is 1. The molecule has 2 nitrogen and oxygen atoms in total. The van der Waals surface area contributed by atoms with E-state index in [1.807, 2.05) is 19.1 Å². The highest BCUT2D eigenvalue weighted by Gasteiger charge is 2.05. The number of aryl methyl sites for hydroxylation is 1. The van der Waals surface area contributed by atoms with Crippen LogP contribution in [0.15, 0.2) is 18.2 Å². The third kappa shape index (κ3) is 7.52. The molecule has 0 fully saturated rings. The lowest BCUT2D eigenvalue weighted by atomic mass is 10.0. The summed E-state index contributed by atoms with van der Waals surface area (Å²) in [7, 11) is 0. The van der Waals surface area contributed by atoms with Gasteiger partial charge in [-0.1, -0.05) is 44.9 Å². The molecule has 0 atom stereocenters. The zero-order valence-corrected chi connectivity index (χ0v) is 14.2. The normalized spacial score (nSPS) is 10.9. The van der Waals surface area contributed by atoms with Crippen molar-refractivity contribution < 1.29 is 9.53 Å². The van der Waals surface area contributed by atoms with E-state index in [1.165, 1.54) is 5.56 Å². The van der Waals surface area contributed by atoms with Gasteiger partial charge in [0.25, 0.3) is 0 Å². The third-order valence-corrected chi connectivity index (χ3v) is 3.70. The summed E-state index contributed by atoms with van der Waals surface area (Å²) in [5, 5.41) is 0.674. The summed E-state index contributed by atoms with van der Waals surface area (Å²) in [4.78, 5) is 11.2. The highest BCUT2D eigenvalue weighted by molar-refractivity contribution is 6.32. The first-order valence-corrected chi connectivity index (χ1v) is 8.33. The van der Waals surface area contributed by atoms with Crippen LogP contribution in [0.2, 0.25) is 5.02 Å². The fourth-order valence-electron chi connectivity index (χ4n) is 2.08. The van der Waals surface area contributed by atoms with Gasteiger partial charge in [0.1, 0.15) is 11.5 Å². The first-order valence-electron chi connectivity index (χ1n) is 7.95. The summed E-state index contributed by atoms with van der Waals surface area (Å²) in [6, 6.07) is 6.01. The molecule has 0 heterocycles. The number of rotatable bonds is 10. The number of hydrogen-bond acceptors (Lipinski definition) is 2. The van der Waals surface area contributed by atoms with Gasteiger partial charge in [0.15, 0.2) is 0 Å². The minimum Gasteiger partial charge on any atom is -0.492 e. The Balaban J connectivity index is 2.38. The van der Waals surface area contributed by atoms with Gasteiger partial charge in [0, 0.05) is 12.8 Å². The third-order valence-electron chi connectivity index (χ3n) is 3.38. The average molecular weight is 311 g/mol. The Hall–Kier alpha value is -1.02. The van der Waals surface area contributed by atoms with E-state index < -0.39 is 0 Å². The molecule has 118 valence electrons. The number of halogens is 1. The van der Waals surface area contributed by atoms with Gasteiger partial charge in [-0.2, -0.15) is 0 Å². The Kier molecular flexibility index (Phi) is 8.44. The summed E-state index contributed by atoms with van der Waals surface area (Å²) >= 11 is 6.15. The van der Waals surface area contributed by atoms with Crippen molar-refractivity contribution in [2.75, 3.05) is 6.61 Å². The molecule has 0 N–H and O–H groups in total. The van der Waals surface area contributed by atoms with Gasteiger partial charge in [-0.05, 0) is 42.9 Å². The number of carbonyl (C=O) groups excluding carboxylic acids is 1. The van der Waals surface area contributed by atoms with Crippen LogP contribution in [-0.4, -0.2) is 12.4 Å². The molecule has 0 unspecified atom stereocenters. The Morgan fingerprint density at radius 1 is 1.24 bits per heavy atom. The summed E-state index contributed by atoms with van der Waals surface area (Å²) in [5.41, 5.74) is 1.25. The van der Waals surface area contributed by atoms with E-state index in [-0.39, 0.29) is 0 Å². The van der Waals surface area contributed by atoms with Crippen molar-refractivity contribution in [3.8, 4) is 5.75 Å². The van der Waals surface area contributed by atoms with Gasteiger partial charge in [-0.25, -0.2) is 0 Å². The minimum atomic E-state index is 0.367. The predicted octanol–water partition coefficient (Wildman–Crippen LogP) is 5.46. The van der Waals surface area contributed by atoms with Gasteiger partial charge >= 0.3 is 0 Å². The van der Waals surface area contributed by atoms with E-state index in [4.69, 9.17) is 16.3 Å². The Morgan fingerprint density at radius 3 is 2.67 bits per heavy atom. The van der Waals surface area contributed by atoms with Crippen LogP contribution in [0.4, 0.5) is 0 Å². The molecule has 0 aliphatic rings. The Bertz CT molecular complexity index is 441. The zero-order chi connectivity index (χ0) is 15.7.